The van der Waals surface area contributed by atoms with E-state index in [-0.39, 0.29) is 12.4 Å². The van der Waals surface area contributed by atoms with Gasteiger partial charge in [-0.25, -0.2) is 9.97 Å². The van der Waals surface area contributed by atoms with Gasteiger partial charge in [0.1, 0.15) is 10.8 Å². The van der Waals surface area contributed by atoms with Gasteiger partial charge in [0.15, 0.2) is 0 Å². The molecule has 0 fully saturated rings. The molecule has 2 N–H and O–H groups in total. The largest absolute Gasteiger partial charge is 0.383 e. The van der Waals surface area contributed by atoms with Crippen molar-refractivity contribution in [3.05, 3.63) is 29.4 Å². The van der Waals surface area contributed by atoms with Crippen LogP contribution in [0.4, 0.5) is 5.82 Å². The van der Waals surface area contributed by atoms with Crippen LogP contribution >= 0.6 is 35.3 Å². The van der Waals surface area contributed by atoms with E-state index < -0.39 is 0 Å². The molecule has 2 aromatic rings. The van der Waals surface area contributed by atoms with Crippen LogP contribution in [-0.4, -0.2) is 9.97 Å². The number of rotatable bonds is 2. The Morgan fingerprint density at radius 3 is 2.80 bits per heavy atom. The number of hydrogen-bond donors (Lipinski definition) is 1. The summed E-state index contributed by atoms with van der Waals surface area (Å²) in [5.74, 6) is 0.987. The van der Waals surface area contributed by atoms with Crippen LogP contribution in [0.1, 0.15) is 4.88 Å². The number of alkyl halides is 1. The highest BCUT2D eigenvalue weighted by atomic mass is 35.5. The first kappa shape index (κ1) is 12.2. The summed E-state index contributed by atoms with van der Waals surface area (Å²) in [5.41, 5.74) is 6.60. The quantitative estimate of drug-likeness (QED) is 0.846. The van der Waals surface area contributed by atoms with Crippen LogP contribution in [-0.2, 0) is 5.88 Å². The third kappa shape index (κ3) is 2.59. The molecule has 2 aromatic heterocycles. The molecule has 0 aliphatic heterocycles. The van der Waals surface area contributed by atoms with E-state index in [4.69, 9.17) is 17.3 Å². The third-order valence-electron chi connectivity index (χ3n) is 1.75. The maximum Gasteiger partial charge on any atom is 0.133 e. The van der Waals surface area contributed by atoms with Crippen LogP contribution < -0.4 is 5.73 Å². The van der Waals surface area contributed by atoms with Gasteiger partial charge in [-0.05, 0) is 12.1 Å². The van der Waals surface area contributed by atoms with Crippen molar-refractivity contribution in [3.8, 4) is 10.6 Å². The van der Waals surface area contributed by atoms with E-state index >= 15 is 0 Å². The predicted molar refractivity (Wildman–Crippen MR) is 66.6 cm³/mol. The van der Waals surface area contributed by atoms with Crippen molar-refractivity contribution in [2.24, 2.45) is 0 Å². The second kappa shape index (κ2) is 5.30. The third-order valence-corrected chi connectivity index (χ3v) is 3.23. The van der Waals surface area contributed by atoms with E-state index in [0.29, 0.717) is 11.7 Å². The summed E-state index contributed by atoms with van der Waals surface area (Å²) in [5, 5.41) is 0.867. The number of nitrogens with zero attached hydrogens (tertiary/aromatic N) is 2. The molecule has 0 aliphatic rings. The molecular formula is C9H9Cl2N3S. The first-order valence-corrected chi connectivity index (χ1v) is 5.38. The number of thiazole rings is 1. The van der Waals surface area contributed by atoms with Gasteiger partial charge in [0.25, 0.3) is 0 Å². The van der Waals surface area contributed by atoms with Gasteiger partial charge in [-0.1, -0.05) is 0 Å². The molecule has 0 radical (unpaired) electrons. The Morgan fingerprint density at radius 1 is 1.40 bits per heavy atom. The molecule has 0 unspecified atom stereocenters. The summed E-state index contributed by atoms with van der Waals surface area (Å²) in [6, 6.07) is 3.74. The highest BCUT2D eigenvalue weighted by molar-refractivity contribution is 7.15. The fourth-order valence-corrected chi connectivity index (χ4v) is 2.12. The number of nitrogen functional groups attached to an aromatic ring is 1. The molecule has 0 bridgehead atoms. The lowest BCUT2D eigenvalue weighted by molar-refractivity contribution is 1.31. The first-order valence-electron chi connectivity index (χ1n) is 4.03. The standard InChI is InChI=1S/C9H8ClN3S.ClH/c10-4-6-5-13-9(14-6)7-2-1-3-12-8(7)11;/h1-3,5H,4H2,(H2,11,12);1H. The highest BCUT2D eigenvalue weighted by Gasteiger charge is 2.07. The lowest BCUT2D eigenvalue weighted by atomic mass is 10.3. The Labute approximate surface area is 103 Å². The summed E-state index contributed by atoms with van der Waals surface area (Å²) in [4.78, 5) is 9.27. The monoisotopic (exact) mass is 261 g/mol. The zero-order valence-corrected chi connectivity index (χ0v) is 10.1. The van der Waals surface area contributed by atoms with E-state index in [1.807, 2.05) is 12.1 Å². The molecule has 2 rings (SSSR count). The Morgan fingerprint density at radius 2 is 2.20 bits per heavy atom. The first-order chi connectivity index (χ1) is 6.81. The molecule has 0 saturated heterocycles. The molecule has 2 heterocycles. The van der Waals surface area contributed by atoms with Crippen molar-refractivity contribution >= 4 is 41.2 Å². The van der Waals surface area contributed by atoms with Gasteiger partial charge < -0.3 is 5.73 Å². The number of pyridine rings is 1. The fourth-order valence-electron chi connectivity index (χ4n) is 1.09. The number of halogens is 2. The molecule has 80 valence electrons. The number of nitrogens with two attached hydrogens (primary N) is 1. The smallest absolute Gasteiger partial charge is 0.133 e. The maximum absolute atomic E-state index is 5.73. The van der Waals surface area contributed by atoms with Crippen LogP contribution in [0.3, 0.4) is 0 Å². The predicted octanol–water partition coefficient (Wildman–Crippen LogP) is 2.95. The summed E-state index contributed by atoms with van der Waals surface area (Å²) in [6.07, 6.45) is 3.42. The molecule has 0 aromatic carbocycles. The lowest BCUT2D eigenvalue weighted by Gasteiger charge is -1.98. The van der Waals surface area contributed by atoms with Gasteiger partial charge in [-0.15, -0.1) is 35.3 Å². The minimum atomic E-state index is 0. The van der Waals surface area contributed by atoms with Crippen LogP contribution in [0.15, 0.2) is 24.5 Å². The van der Waals surface area contributed by atoms with Gasteiger partial charge in [-0.3, -0.25) is 0 Å². The molecule has 0 atom stereocenters. The van der Waals surface area contributed by atoms with Crippen LogP contribution in [0, 0.1) is 0 Å². The number of hydrogen-bond acceptors (Lipinski definition) is 4. The van der Waals surface area contributed by atoms with E-state index in [1.165, 1.54) is 11.3 Å². The van der Waals surface area contributed by atoms with E-state index in [2.05, 4.69) is 9.97 Å². The molecular weight excluding hydrogens is 253 g/mol. The van der Waals surface area contributed by atoms with Crippen molar-refractivity contribution in [2.45, 2.75) is 5.88 Å². The molecule has 3 nitrogen and oxygen atoms in total. The van der Waals surface area contributed by atoms with Gasteiger partial charge in [0.2, 0.25) is 0 Å². The molecule has 6 heteroatoms. The van der Waals surface area contributed by atoms with Crippen molar-refractivity contribution in [1.29, 1.82) is 0 Å². The van der Waals surface area contributed by atoms with E-state index in [9.17, 15) is 0 Å². The summed E-state index contributed by atoms with van der Waals surface area (Å²) < 4.78 is 0. The maximum atomic E-state index is 5.73. The summed E-state index contributed by atoms with van der Waals surface area (Å²) in [6.45, 7) is 0. The molecule has 0 aliphatic carbocycles. The van der Waals surface area contributed by atoms with E-state index in [0.717, 1.165) is 15.4 Å². The number of anilines is 1. The Bertz CT molecular complexity index is 444. The normalized spacial score (nSPS) is 9.67. The van der Waals surface area contributed by atoms with Crippen LogP contribution in [0.5, 0.6) is 0 Å². The Kier molecular flexibility index (Phi) is 4.32. The second-order valence-electron chi connectivity index (χ2n) is 2.70. The molecule has 0 amide bonds. The Balaban J connectivity index is 0.00000112. The van der Waals surface area contributed by atoms with Crippen molar-refractivity contribution < 1.29 is 0 Å². The highest BCUT2D eigenvalue weighted by Crippen LogP contribution is 2.28. The molecule has 0 saturated carbocycles. The van der Waals surface area contributed by atoms with Gasteiger partial charge >= 0.3 is 0 Å². The minimum absolute atomic E-state index is 0. The van der Waals surface area contributed by atoms with Crippen molar-refractivity contribution in [1.82, 2.24) is 9.97 Å². The average molecular weight is 262 g/mol. The van der Waals surface area contributed by atoms with Crippen LogP contribution in [0.2, 0.25) is 0 Å². The minimum Gasteiger partial charge on any atom is -0.383 e. The number of aromatic nitrogens is 2. The SMILES string of the molecule is Cl.Nc1ncccc1-c1ncc(CCl)s1. The summed E-state index contributed by atoms with van der Waals surface area (Å²) in [7, 11) is 0. The zero-order chi connectivity index (χ0) is 9.97. The Hall–Kier alpha value is -0.840. The van der Waals surface area contributed by atoms with E-state index in [1.54, 1.807) is 12.4 Å². The van der Waals surface area contributed by atoms with Crippen LogP contribution in [0.25, 0.3) is 10.6 Å². The van der Waals surface area contributed by atoms with Gasteiger partial charge in [0.05, 0.1) is 11.4 Å². The summed E-state index contributed by atoms with van der Waals surface area (Å²) >= 11 is 7.23. The average Bonchev–Trinajstić information content (AvgIpc) is 2.67. The topological polar surface area (TPSA) is 51.8 Å². The fraction of sp³-hybridized carbons (Fsp3) is 0.111. The van der Waals surface area contributed by atoms with Gasteiger partial charge in [-0.2, -0.15) is 0 Å². The van der Waals surface area contributed by atoms with Crippen molar-refractivity contribution in [2.75, 3.05) is 5.73 Å². The molecule has 15 heavy (non-hydrogen) atoms. The zero-order valence-electron chi connectivity index (χ0n) is 7.68. The lowest BCUT2D eigenvalue weighted by Crippen LogP contribution is -1.92. The second-order valence-corrected chi connectivity index (χ2v) is 4.08. The van der Waals surface area contributed by atoms with Crippen molar-refractivity contribution in [3.63, 3.8) is 0 Å². The molecule has 0 spiro atoms. The van der Waals surface area contributed by atoms with Gasteiger partial charge in [0, 0.05) is 17.3 Å².